The lowest BCUT2D eigenvalue weighted by Crippen LogP contribution is -2.27. The molecule has 0 saturated heterocycles. The number of nitrogens with two attached hydrogens (primary N) is 1. The van der Waals surface area contributed by atoms with E-state index in [-0.39, 0.29) is 11.9 Å². The van der Waals surface area contributed by atoms with Gasteiger partial charge in [-0.25, -0.2) is 0 Å². The van der Waals surface area contributed by atoms with Crippen LogP contribution >= 0.6 is 0 Å². The zero-order chi connectivity index (χ0) is 13.8. The van der Waals surface area contributed by atoms with E-state index in [9.17, 15) is 4.79 Å². The molecule has 98 valence electrons. The summed E-state index contributed by atoms with van der Waals surface area (Å²) in [7, 11) is 0. The van der Waals surface area contributed by atoms with Crippen molar-refractivity contribution >= 4 is 11.6 Å². The van der Waals surface area contributed by atoms with Crippen LogP contribution in [-0.4, -0.2) is 10.9 Å². The molecule has 3 N–H and O–H groups in total. The molecular weight excluding hydrogens is 238 g/mol. The molecule has 4 nitrogen and oxygen atoms in total. The Balaban J connectivity index is 2.16. The molecule has 1 unspecified atom stereocenters. The normalized spacial score (nSPS) is 11.9. The molecule has 2 rings (SSSR count). The molecule has 1 aromatic carbocycles. The van der Waals surface area contributed by atoms with Gasteiger partial charge in [0.1, 0.15) is 0 Å². The number of benzene rings is 1. The molecule has 4 heteroatoms. The van der Waals surface area contributed by atoms with E-state index in [4.69, 9.17) is 5.73 Å². The molecule has 1 atom stereocenters. The third kappa shape index (κ3) is 2.91. The third-order valence-electron chi connectivity index (χ3n) is 3.10. The number of carbonyl (C=O) groups excluding carboxylic acids is 1. The fourth-order valence-electron chi connectivity index (χ4n) is 1.87. The van der Waals surface area contributed by atoms with Gasteiger partial charge in [-0.05, 0) is 37.1 Å². The number of aromatic nitrogens is 1. The van der Waals surface area contributed by atoms with Crippen LogP contribution < -0.4 is 11.1 Å². The Hall–Kier alpha value is -2.36. The molecule has 2 aromatic rings. The topological polar surface area (TPSA) is 68.0 Å². The molecule has 0 bridgehead atoms. The van der Waals surface area contributed by atoms with Crippen molar-refractivity contribution < 1.29 is 4.79 Å². The molecule has 19 heavy (non-hydrogen) atoms. The van der Waals surface area contributed by atoms with Crippen molar-refractivity contribution in [2.45, 2.75) is 19.9 Å². The van der Waals surface area contributed by atoms with Crippen LogP contribution in [0.25, 0.3) is 0 Å². The highest BCUT2D eigenvalue weighted by molar-refractivity contribution is 5.99. The lowest BCUT2D eigenvalue weighted by Gasteiger charge is -2.15. The fourth-order valence-corrected chi connectivity index (χ4v) is 1.87. The number of carbonyl (C=O) groups is 1. The van der Waals surface area contributed by atoms with Crippen LogP contribution in [0.15, 0.2) is 42.7 Å². The number of amides is 1. The van der Waals surface area contributed by atoms with E-state index in [1.165, 1.54) is 0 Å². The van der Waals surface area contributed by atoms with Crippen LogP contribution in [-0.2, 0) is 0 Å². The van der Waals surface area contributed by atoms with Crippen molar-refractivity contribution in [3.63, 3.8) is 0 Å². The molecule has 0 aliphatic carbocycles. The summed E-state index contributed by atoms with van der Waals surface area (Å²) in [5.41, 5.74) is 8.83. The predicted octanol–water partition coefficient (Wildman–Crippen LogP) is 2.46. The lowest BCUT2D eigenvalue weighted by molar-refractivity contribution is 0.0940. The van der Waals surface area contributed by atoms with E-state index in [1.807, 2.05) is 38.1 Å². The Kier molecular flexibility index (Phi) is 3.80. The van der Waals surface area contributed by atoms with Gasteiger partial charge in [0.05, 0.1) is 11.6 Å². The van der Waals surface area contributed by atoms with Crippen molar-refractivity contribution in [2.75, 3.05) is 5.73 Å². The fraction of sp³-hybridized carbons (Fsp3) is 0.200. The van der Waals surface area contributed by atoms with Crippen LogP contribution in [0, 0.1) is 6.92 Å². The van der Waals surface area contributed by atoms with E-state index in [0.717, 1.165) is 11.1 Å². The molecule has 0 spiro atoms. The largest absolute Gasteiger partial charge is 0.398 e. The van der Waals surface area contributed by atoms with Crippen molar-refractivity contribution in [3.8, 4) is 0 Å². The Morgan fingerprint density at radius 3 is 2.79 bits per heavy atom. The second-order valence-corrected chi connectivity index (χ2v) is 4.52. The first kappa shape index (κ1) is 13.1. The van der Waals surface area contributed by atoms with Crippen molar-refractivity contribution in [2.24, 2.45) is 0 Å². The Bertz CT molecular complexity index is 581. The molecule has 1 aromatic heterocycles. The van der Waals surface area contributed by atoms with Gasteiger partial charge in [-0.2, -0.15) is 0 Å². The van der Waals surface area contributed by atoms with Gasteiger partial charge in [0.2, 0.25) is 0 Å². The van der Waals surface area contributed by atoms with Crippen LogP contribution in [0.4, 0.5) is 5.69 Å². The van der Waals surface area contributed by atoms with Gasteiger partial charge in [0.25, 0.3) is 5.91 Å². The minimum Gasteiger partial charge on any atom is -0.398 e. The number of pyridine rings is 1. The van der Waals surface area contributed by atoms with Gasteiger partial charge >= 0.3 is 0 Å². The average molecular weight is 255 g/mol. The van der Waals surface area contributed by atoms with Gasteiger partial charge in [-0.15, -0.1) is 0 Å². The number of anilines is 1. The number of hydrogen-bond donors (Lipinski definition) is 2. The standard InChI is InChI=1S/C15H17N3O/c1-10-5-3-7-13(14(10)16)15(19)18-11(2)12-6-4-8-17-9-12/h3-9,11H,16H2,1-2H3,(H,18,19). The van der Waals surface area contributed by atoms with E-state index >= 15 is 0 Å². The first-order chi connectivity index (χ1) is 9.09. The summed E-state index contributed by atoms with van der Waals surface area (Å²) in [4.78, 5) is 16.2. The maximum absolute atomic E-state index is 12.2. The number of nitrogens with one attached hydrogen (secondary N) is 1. The first-order valence-corrected chi connectivity index (χ1v) is 6.15. The number of aryl methyl sites for hydroxylation is 1. The minimum atomic E-state index is -0.169. The van der Waals surface area contributed by atoms with Crippen molar-refractivity contribution in [1.82, 2.24) is 10.3 Å². The monoisotopic (exact) mass is 255 g/mol. The molecule has 1 amide bonds. The summed E-state index contributed by atoms with van der Waals surface area (Å²) in [6.07, 6.45) is 3.45. The molecule has 0 fully saturated rings. The molecule has 0 saturated carbocycles. The zero-order valence-electron chi connectivity index (χ0n) is 11.1. The van der Waals surface area contributed by atoms with Crippen LogP contribution in [0.5, 0.6) is 0 Å². The summed E-state index contributed by atoms with van der Waals surface area (Å²) in [6, 6.07) is 9.11. The molecule has 0 aliphatic rings. The van der Waals surface area contributed by atoms with Crippen molar-refractivity contribution in [3.05, 3.63) is 59.4 Å². The van der Waals surface area contributed by atoms with Crippen LogP contribution in [0.3, 0.4) is 0 Å². The molecule has 0 aliphatic heterocycles. The maximum Gasteiger partial charge on any atom is 0.253 e. The van der Waals surface area contributed by atoms with E-state index < -0.39 is 0 Å². The van der Waals surface area contributed by atoms with E-state index in [0.29, 0.717) is 11.3 Å². The van der Waals surface area contributed by atoms with Gasteiger partial charge in [-0.3, -0.25) is 9.78 Å². The SMILES string of the molecule is Cc1cccc(C(=O)NC(C)c2cccnc2)c1N. The molecule has 0 radical (unpaired) electrons. The number of rotatable bonds is 3. The van der Waals surface area contributed by atoms with Gasteiger partial charge in [0, 0.05) is 18.1 Å². The quantitative estimate of drug-likeness (QED) is 0.828. The molecule has 1 heterocycles. The third-order valence-corrected chi connectivity index (χ3v) is 3.10. The highest BCUT2D eigenvalue weighted by Gasteiger charge is 2.14. The molecular formula is C15H17N3O. The summed E-state index contributed by atoms with van der Waals surface area (Å²) in [6.45, 7) is 3.80. The Morgan fingerprint density at radius 2 is 2.11 bits per heavy atom. The predicted molar refractivity (Wildman–Crippen MR) is 75.7 cm³/mol. The second-order valence-electron chi connectivity index (χ2n) is 4.52. The number of nitrogens with zero attached hydrogens (tertiary/aromatic N) is 1. The van der Waals surface area contributed by atoms with Crippen molar-refractivity contribution in [1.29, 1.82) is 0 Å². The second kappa shape index (κ2) is 5.52. The smallest absolute Gasteiger partial charge is 0.253 e. The summed E-state index contributed by atoms with van der Waals surface area (Å²) >= 11 is 0. The van der Waals surface area contributed by atoms with E-state index in [2.05, 4.69) is 10.3 Å². The average Bonchev–Trinajstić information content (AvgIpc) is 2.42. The first-order valence-electron chi connectivity index (χ1n) is 6.15. The van der Waals surface area contributed by atoms with Gasteiger partial charge in [-0.1, -0.05) is 18.2 Å². The Labute approximate surface area is 112 Å². The lowest BCUT2D eigenvalue weighted by atomic mass is 10.1. The summed E-state index contributed by atoms with van der Waals surface area (Å²) in [5, 5.41) is 2.92. The van der Waals surface area contributed by atoms with Gasteiger partial charge < -0.3 is 11.1 Å². The van der Waals surface area contributed by atoms with Crippen LogP contribution in [0.2, 0.25) is 0 Å². The highest BCUT2D eigenvalue weighted by atomic mass is 16.1. The summed E-state index contributed by atoms with van der Waals surface area (Å²) in [5.74, 6) is -0.169. The number of nitrogen functional groups attached to an aromatic ring is 1. The number of para-hydroxylation sites is 1. The van der Waals surface area contributed by atoms with Gasteiger partial charge in [0.15, 0.2) is 0 Å². The number of hydrogen-bond acceptors (Lipinski definition) is 3. The minimum absolute atomic E-state index is 0.110. The summed E-state index contributed by atoms with van der Waals surface area (Å²) < 4.78 is 0. The highest BCUT2D eigenvalue weighted by Crippen LogP contribution is 2.18. The van der Waals surface area contributed by atoms with Crippen LogP contribution in [0.1, 0.15) is 34.5 Å². The zero-order valence-corrected chi connectivity index (χ0v) is 11.1. The van der Waals surface area contributed by atoms with E-state index in [1.54, 1.807) is 18.5 Å². The Morgan fingerprint density at radius 1 is 1.32 bits per heavy atom. The maximum atomic E-state index is 12.2.